The molecule has 1 aromatic rings. The van der Waals surface area contributed by atoms with Crippen molar-refractivity contribution in [3.8, 4) is 0 Å². The number of rotatable bonds is 3. The summed E-state index contributed by atoms with van der Waals surface area (Å²) < 4.78 is 5.62. The van der Waals surface area contributed by atoms with Crippen LogP contribution in [0.15, 0.2) is 16.5 Å². The molecule has 2 heterocycles. The van der Waals surface area contributed by atoms with Gasteiger partial charge >= 0.3 is 0 Å². The molecule has 0 aromatic carbocycles. The molecular formula is C12H19NOS. The Morgan fingerprint density at radius 1 is 1.53 bits per heavy atom. The SMILES string of the molecule is Cc1ccc(C(C)NC2CCSC2C)o1. The van der Waals surface area contributed by atoms with Gasteiger partial charge in [0, 0.05) is 11.3 Å². The minimum absolute atomic E-state index is 0.324. The van der Waals surface area contributed by atoms with Crippen molar-refractivity contribution in [2.75, 3.05) is 5.75 Å². The van der Waals surface area contributed by atoms with E-state index in [4.69, 9.17) is 4.42 Å². The lowest BCUT2D eigenvalue weighted by atomic mass is 10.1. The Bertz CT molecular complexity index is 323. The van der Waals surface area contributed by atoms with Crippen LogP contribution in [0.1, 0.15) is 37.8 Å². The van der Waals surface area contributed by atoms with Gasteiger partial charge in [-0.05, 0) is 38.2 Å². The second kappa shape index (κ2) is 4.62. The molecule has 0 spiro atoms. The third kappa shape index (κ3) is 2.58. The molecule has 3 unspecified atom stereocenters. The molecule has 0 bridgehead atoms. The van der Waals surface area contributed by atoms with E-state index in [9.17, 15) is 0 Å². The Kier molecular flexibility index (Phi) is 3.42. The maximum atomic E-state index is 5.62. The van der Waals surface area contributed by atoms with Crippen LogP contribution in [0.4, 0.5) is 0 Å². The molecule has 1 fully saturated rings. The van der Waals surface area contributed by atoms with Crippen LogP contribution in [0.25, 0.3) is 0 Å². The second-order valence-electron chi connectivity index (χ2n) is 4.31. The normalized spacial score (nSPS) is 28.2. The largest absolute Gasteiger partial charge is 0.465 e. The van der Waals surface area contributed by atoms with Gasteiger partial charge in [0.2, 0.25) is 0 Å². The number of hydrogen-bond acceptors (Lipinski definition) is 3. The Morgan fingerprint density at radius 2 is 2.33 bits per heavy atom. The van der Waals surface area contributed by atoms with E-state index in [1.165, 1.54) is 12.2 Å². The Morgan fingerprint density at radius 3 is 2.87 bits per heavy atom. The van der Waals surface area contributed by atoms with Crippen LogP contribution in [0, 0.1) is 6.92 Å². The van der Waals surface area contributed by atoms with Crippen molar-refractivity contribution in [3.63, 3.8) is 0 Å². The van der Waals surface area contributed by atoms with Gasteiger partial charge in [-0.3, -0.25) is 0 Å². The summed E-state index contributed by atoms with van der Waals surface area (Å²) in [5.74, 6) is 3.33. The van der Waals surface area contributed by atoms with Gasteiger partial charge in [-0.15, -0.1) is 0 Å². The number of furan rings is 1. The van der Waals surface area contributed by atoms with Crippen LogP contribution < -0.4 is 5.32 Å². The van der Waals surface area contributed by atoms with Crippen LogP contribution in [0.2, 0.25) is 0 Å². The molecule has 0 saturated carbocycles. The van der Waals surface area contributed by atoms with Crippen LogP contribution in [0.5, 0.6) is 0 Å². The molecule has 84 valence electrons. The topological polar surface area (TPSA) is 25.2 Å². The molecule has 1 saturated heterocycles. The van der Waals surface area contributed by atoms with Crippen LogP contribution in [-0.4, -0.2) is 17.0 Å². The van der Waals surface area contributed by atoms with Gasteiger partial charge in [0.25, 0.3) is 0 Å². The molecule has 3 atom stereocenters. The van der Waals surface area contributed by atoms with Crippen LogP contribution in [0.3, 0.4) is 0 Å². The zero-order valence-corrected chi connectivity index (χ0v) is 10.4. The Hall–Kier alpha value is -0.410. The molecule has 1 aliphatic rings. The summed E-state index contributed by atoms with van der Waals surface area (Å²) >= 11 is 2.05. The second-order valence-corrected chi connectivity index (χ2v) is 5.79. The zero-order chi connectivity index (χ0) is 10.8. The van der Waals surface area contributed by atoms with Gasteiger partial charge in [0.05, 0.1) is 6.04 Å². The van der Waals surface area contributed by atoms with Crippen molar-refractivity contribution in [1.82, 2.24) is 5.32 Å². The third-order valence-corrected chi connectivity index (χ3v) is 4.35. The highest BCUT2D eigenvalue weighted by Gasteiger charge is 2.25. The van der Waals surface area contributed by atoms with Gasteiger partial charge in [-0.1, -0.05) is 6.92 Å². The quantitative estimate of drug-likeness (QED) is 0.855. The summed E-state index contributed by atoms with van der Waals surface area (Å²) in [7, 11) is 0. The number of aryl methyl sites for hydroxylation is 1. The smallest absolute Gasteiger partial charge is 0.120 e. The summed E-state index contributed by atoms with van der Waals surface area (Å²) in [6, 6.07) is 5.06. The zero-order valence-electron chi connectivity index (χ0n) is 9.62. The minimum Gasteiger partial charge on any atom is -0.465 e. The molecule has 1 aromatic heterocycles. The maximum absolute atomic E-state index is 5.62. The first-order chi connectivity index (χ1) is 7.16. The number of nitrogens with one attached hydrogen (secondary N) is 1. The van der Waals surface area contributed by atoms with E-state index in [0.29, 0.717) is 12.1 Å². The summed E-state index contributed by atoms with van der Waals surface area (Å²) in [5, 5.41) is 4.37. The highest BCUT2D eigenvalue weighted by molar-refractivity contribution is 8.00. The van der Waals surface area contributed by atoms with Gasteiger partial charge < -0.3 is 9.73 Å². The molecule has 0 aliphatic carbocycles. The first kappa shape index (κ1) is 11.1. The lowest BCUT2D eigenvalue weighted by molar-refractivity contribution is 0.379. The molecular weight excluding hydrogens is 206 g/mol. The summed E-state index contributed by atoms with van der Waals surface area (Å²) in [6.45, 7) is 6.47. The molecule has 3 heteroatoms. The molecule has 0 amide bonds. The Balaban J connectivity index is 1.94. The number of thioether (sulfide) groups is 1. The summed E-state index contributed by atoms with van der Waals surface area (Å²) in [5.41, 5.74) is 0. The van der Waals surface area contributed by atoms with E-state index >= 15 is 0 Å². The fourth-order valence-corrected chi connectivity index (χ4v) is 3.25. The highest BCUT2D eigenvalue weighted by Crippen LogP contribution is 2.28. The average molecular weight is 225 g/mol. The fraction of sp³-hybridized carbons (Fsp3) is 0.667. The van der Waals surface area contributed by atoms with Crippen molar-refractivity contribution in [1.29, 1.82) is 0 Å². The lowest BCUT2D eigenvalue weighted by Crippen LogP contribution is -2.35. The van der Waals surface area contributed by atoms with Crippen molar-refractivity contribution in [3.05, 3.63) is 23.7 Å². The first-order valence-electron chi connectivity index (χ1n) is 5.61. The van der Waals surface area contributed by atoms with Gasteiger partial charge in [-0.2, -0.15) is 11.8 Å². The summed E-state index contributed by atoms with van der Waals surface area (Å²) in [4.78, 5) is 0. The van der Waals surface area contributed by atoms with Crippen molar-refractivity contribution in [2.24, 2.45) is 0 Å². The van der Waals surface area contributed by atoms with Gasteiger partial charge in [-0.25, -0.2) is 0 Å². The van der Waals surface area contributed by atoms with E-state index in [2.05, 4.69) is 37.0 Å². The van der Waals surface area contributed by atoms with E-state index in [-0.39, 0.29) is 0 Å². The van der Waals surface area contributed by atoms with Gasteiger partial charge in [0.15, 0.2) is 0 Å². The minimum atomic E-state index is 0.324. The third-order valence-electron chi connectivity index (χ3n) is 3.03. The predicted molar refractivity (Wildman–Crippen MR) is 65.3 cm³/mol. The predicted octanol–water partition coefficient (Wildman–Crippen LogP) is 3.13. The van der Waals surface area contributed by atoms with Crippen molar-refractivity contribution >= 4 is 11.8 Å². The van der Waals surface area contributed by atoms with Gasteiger partial charge in [0.1, 0.15) is 11.5 Å². The van der Waals surface area contributed by atoms with E-state index in [1.807, 2.05) is 13.0 Å². The fourth-order valence-electron chi connectivity index (χ4n) is 2.04. The monoisotopic (exact) mass is 225 g/mol. The van der Waals surface area contributed by atoms with Crippen molar-refractivity contribution in [2.45, 2.75) is 44.5 Å². The van der Waals surface area contributed by atoms with Crippen molar-refractivity contribution < 1.29 is 4.42 Å². The molecule has 2 rings (SSSR count). The Labute approximate surface area is 95.8 Å². The van der Waals surface area contributed by atoms with E-state index in [0.717, 1.165) is 16.8 Å². The van der Waals surface area contributed by atoms with Crippen LogP contribution in [-0.2, 0) is 0 Å². The average Bonchev–Trinajstić information content (AvgIpc) is 2.77. The number of hydrogen-bond donors (Lipinski definition) is 1. The molecule has 0 radical (unpaired) electrons. The highest BCUT2D eigenvalue weighted by atomic mass is 32.2. The first-order valence-corrected chi connectivity index (χ1v) is 6.65. The van der Waals surface area contributed by atoms with Crippen LogP contribution >= 0.6 is 11.8 Å². The molecule has 1 aliphatic heterocycles. The summed E-state index contributed by atoms with van der Waals surface area (Å²) in [6.07, 6.45) is 1.27. The molecule has 1 N–H and O–H groups in total. The van der Waals surface area contributed by atoms with E-state index < -0.39 is 0 Å². The standard InChI is InChI=1S/C12H19NOS/c1-8-4-5-12(14-8)9(2)13-11-6-7-15-10(11)3/h4-5,9-11,13H,6-7H2,1-3H3. The lowest BCUT2D eigenvalue weighted by Gasteiger charge is -2.20. The molecule has 15 heavy (non-hydrogen) atoms. The maximum Gasteiger partial charge on any atom is 0.120 e. The van der Waals surface area contributed by atoms with E-state index in [1.54, 1.807) is 0 Å². The molecule has 2 nitrogen and oxygen atoms in total.